The highest BCUT2D eigenvalue weighted by molar-refractivity contribution is 5.99. The third-order valence-electron chi connectivity index (χ3n) is 3.92. The number of carbonyl (C=O) groups is 2. The van der Waals surface area contributed by atoms with Gasteiger partial charge in [-0.3, -0.25) is 14.9 Å². The number of nitrogens with one attached hydrogen (secondary N) is 2. The average Bonchev–Trinajstić information content (AvgIpc) is 2.46. The minimum Gasteiger partial charge on any atom is -0.353 e. The first-order chi connectivity index (χ1) is 9.65. The topological polar surface area (TPSA) is 61.4 Å². The van der Waals surface area contributed by atoms with E-state index in [9.17, 15) is 9.59 Å². The molecule has 2 atom stereocenters. The molecule has 0 bridgehead atoms. The van der Waals surface area contributed by atoms with Crippen molar-refractivity contribution in [1.82, 2.24) is 10.6 Å². The maximum atomic E-state index is 12.7. The van der Waals surface area contributed by atoms with Gasteiger partial charge in [-0.05, 0) is 24.0 Å². The van der Waals surface area contributed by atoms with Crippen LogP contribution in [-0.4, -0.2) is 37.5 Å². The highest BCUT2D eigenvalue weighted by Gasteiger charge is 2.32. The zero-order chi connectivity index (χ0) is 14.1. The van der Waals surface area contributed by atoms with Gasteiger partial charge < -0.3 is 10.2 Å². The lowest BCUT2D eigenvalue weighted by Gasteiger charge is -2.36. The van der Waals surface area contributed by atoms with Crippen LogP contribution in [0.4, 0.5) is 5.69 Å². The molecule has 5 nitrogen and oxygen atoms in total. The lowest BCUT2D eigenvalue weighted by molar-refractivity contribution is -0.125. The molecule has 2 heterocycles. The summed E-state index contributed by atoms with van der Waals surface area (Å²) in [6, 6.07) is 7.73. The standard InChI is InChI=1S/C15H19N3O2/c1-10-6-11-4-2-3-5-13(11)18(9-10)15(20)12-7-17-14(19)8-16-12/h2-5,10,12,16H,6-9H2,1H3,(H,17,19). The number of piperazine rings is 1. The lowest BCUT2D eigenvalue weighted by atomic mass is 9.93. The Labute approximate surface area is 118 Å². The van der Waals surface area contributed by atoms with E-state index in [0.29, 0.717) is 12.5 Å². The van der Waals surface area contributed by atoms with Crippen molar-refractivity contribution in [2.45, 2.75) is 19.4 Å². The monoisotopic (exact) mass is 273 g/mol. The van der Waals surface area contributed by atoms with E-state index in [1.54, 1.807) is 0 Å². The lowest BCUT2D eigenvalue weighted by Crippen LogP contribution is -2.59. The summed E-state index contributed by atoms with van der Waals surface area (Å²) in [4.78, 5) is 25.7. The predicted octanol–water partition coefficient (Wildman–Crippen LogP) is 0.300. The fraction of sp³-hybridized carbons (Fsp3) is 0.467. The van der Waals surface area contributed by atoms with Crippen LogP contribution in [0.3, 0.4) is 0 Å². The van der Waals surface area contributed by atoms with Crippen molar-refractivity contribution in [3.05, 3.63) is 29.8 Å². The zero-order valence-corrected chi connectivity index (χ0v) is 11.6. The second-order valence-electron chi connectivity index (χ2n) is 5.62. The van der Waals surface area contributed by atoms with Gasteiger partial charge in [0.25, 0.3) is 0 Å². The minimum atomic E-state index is -0.328. The Hall–Kier alpha value is -1.88. The van der Waals surface area contributed by atoms with E-state index in [1.165, 1.54) is 5.56 Å². The molecule has 0 aliphatic carbocycles. The van der Waals surface area contributed by atoms with Gasteiger partial charge in [-0.25, -0.2) is 0 Å². The van der Waals surface area contributed by atoms with Gasteiger partial charge >= 0.3 is 0 Å². The molecule has 3 rings (SSSR count). The summed E-state index contributed by atoms with van der Waals surface area (Å²) in [5.74, 6) is 0.442. The maximum absolute atomic E-state index is 12.7. The number of para-hydroxylation sites is 1. The molecule has 0 saturated carbocycles. The van der Waals surface area contributed by atoms with Crippen LogP contribution in [0.2, 0.25) is 0 Å². The largest absolute Gasteiger partial charge is 0.353 e. The quantitative estimate of drug-likeness (QED) is 0.773. The van der Waals surface area contributed by atoms with E-state index in [-0.39, 0.29) is 24.4 Å². The number of benzene rings is 1. The summed E-state index contributed by atoms with van der Waals surface area (Å²) in [7, 11) is 0. The van der Waals surface area contributed by atoms with Crippen molar-refractivity contribution < 1.29 is 9.59 Å². The Morgan fingerprint density at radius 3 is 2.90 bits per heavy atom. The second-order valence-corrected chi connectivity index (χ2v) is 5.62. The first-order valence-corrected chi connectivity index (χ1v) is 7.04. The molecule has 2 aliphatic heterocycles. The van der Waals surface area contributed by atoms with E-state index in [0.717, 1.165) is 18.7 Å². The Kier molecular flexibility index (Phi) is 3.44. The fourth-order valence-corrected chi connectivity index (χ4v) is 2.93. The molecule has 1 aromatic carbocycles. The smallest absolute Gasteiger partial charge is 0.245 e. The number of rotatable bonds is 1. The Morgan fingerprint density at radius 2 is 2.15 bits per heavy atom. The molecule has 20 heavy (non-hydrogen) atoms. The van der Waals surface area contributed by atoms with E-state index < -0.39 is 0 Å². The van der Waals surface area contributed by atoms with Gasteiger partial charge in [-0.15, -0.1) is 0 Å². The van der Waals surface area contributed by atoms with Gasteiger partial charge in [0, 0.05) is 18.8 Å². The van der Waals surface area contributed by atoms with Gasteiger partial charge in [-0.1, -0.05) is 25.1 Å². The highest BCUT2D eigenvalue weighted by Crippen LogP contribution is 2.29. The van der Waals surface area contributed by atoms with Crippen LogP contribution in [0, 0.1) is 5.92 Å². The number of nitrogens with zero attached hydrogens (tertiary/aromatic N) is 1. The summed E-state index contributed by atoms with van der Waals surface area (Å²) in [5.41, 5.74) is 2.23. The summed E-state index contributed by atoms with van der Waals surface area (Å²) >= 11 is 0. The first-order valence-electron chi connectivity index (χ1n) is 7.04. The van der Waals surface area contributed by atoms with E-state index in [1.807, 2.05) is 23.1 Å². The molecule has 106 valence electrons. The molecule has 0 spiro atoms. The van der Waals surface area contributed by atoms with Crippen LogP contribution in [-0.2, 0) is 16.0 Å². The molecular weight excluding hydrogens is 254 g/mol. The third-order valence-corrected chi connectivity index (χ3v) is 3.92. The van der Waals surface area contributed by atoms with Crippen molar-refractivity contribution in [2.75, 3.05) is 24.5 Å². The Morgan fingerprint density at radius 1 is 1.35 bits per heavy atom. The molecule has 2 amide bonds. The van der Waals surface area contributed by atoms with Crippen LogP contribution < -0.4 is 15.5 Å². The normalized spacial score (nSPS) is 25.9. The minimum absolute atomic E-state index is 0.0454. The average molecular weight is 273 g/mol. The second kappa shape index (κ2) is 5.25. The number of anilines is 1. The summed E-state index contributed by atoms with van der Waals surface area (Å²) < 4.78 is 0. The molecule has 5 heteroatoms. The van der Waals surface area contributed by atoms with Gasteiger partial charge in [0.15, 0.2) is 0 Å². The predicted molar refractivity (Wildman–Crippen MR) is 76.5 cm³/mol. The number of amides is 2. The molecule has 0 aromatic heterocycles. The molecule has 2 N–H and O–H groups in total. The van der Waals surface area contributed by atoms with Crippen molar-refractivity contribution in [1.29, 1.82) is 0 Å². The van der Waals surface area contributed by atoms with Gasteiger partial charge in [0.2, 0.25) is 11.8 Å². The molecule has 1 fully saturated rings. The van der Waals surface area contributed by atoms with E-state index >= 15 is 0 Å². The molecule has 2 aliphatic rings. The summed E-state index contributed by atoms with van der Waals surface area (Å²) in [6.07, 6.45) is 1.01. The molecule has 1 aromatic rings. The van der Waals surface area contributed by atoms with Crippen LogP contribution in [0.1, 0.15) is 12.5 Å². The van der Waals surface area contributed by atoms with Crippen molar-refractivity contribution in [3.63, 3.8) is 0 Å². The number of fused-ring (bicyclic) bond motifs is 1. The van der Waals surface area contributed by atoms with Crippen LogP contribution in [0.25, 0.3) is 0 Å². The molecule has 0 radical (unpaired) electrons. The van der Waals surface area contributed by atoms with Crippen molar-refractivity contribution in [3.8, 4) is 0 Å². The number of carbonyl (C=O) groups excluding carboxylic acids is 2. The molecule has 1 saturated heterocycles. The SMILES string of the molecule is CC1Cc2ccccc2N(C(=O)C2CNC(=O)CN2)C1. The fourth-order valence-electron chi connectivity index (χ4n) is 2.93. The first kappa shape index (κ1) is 13.1. The van der Waals surface area contributed by atoms with E-state index in [2.05, 4.69) is 23.6 Å². The van der Waals surface area contributed by atoms with Gasteiger partial charge in [-0.2, -0.15) is 0 Å². The van der Waals surface area contributed by atoms with Crippen LogP contribution >= 0.6 is 0 Å². The van der Waals surface area contributed by atoms with Crippen molar-refractivity contribution in [2.24, 2.45) is 5.92 Å². The zero-order valence-electron chi connectivity index (χ0n) is 11.6. The van der Waals surface area contributed by atoms with E-state index in [4.69, 9.17) is 0 Å². The summed E-state index contributed by atoms with van der Waals surface area (Å²) in [5, 5.41) is 5.75. The number of hydrogen-bond acceptors (Lipinski definition) is 3. The Balaban J connectivity index is 1.83. The van der Waals surface area contributed by atoms with Crippen molar-refractivity contribution >= 4 is 17.5 Å². The van der Waals surface area contributed by atoms with Crippen LogP contribution in [0.5, 0.6) is 0 Å². The number of hydrogen-bond donors (Lipinski definition) is 2. The Bertz CT molecular complexity index is 534. The van der Waals surface area contributed by atoms with Crippen LogP contribution in [0.15, 0.2) is 24.3 Å². The molecular formula is C15H19N3O2. The van der Waals surface area contributed by atoms with Gasteiger partial charge in [0.05, 0.1) is 6.54 Å². The summed E-state index contributed by atoms with van der Waals surface area (Å²) in [6.45, 7) is 3.47. The molecule has 2 unspecified atom stereocenters. The maximum Gasteiger partial charge on any atom is 0.245 e. The van der Waals surface area contributed by atoms with Gasteiger partial charge in [0.1, 0.15) is 6.04 Å². The third kappa shape index (κ3) is 2.41. The highest BCUT2D eigenvalue weighted by atomic mass is 16.2.